The summed E-state index contributed by atoms with van der Waals surface area (Å²) in [5.41, 5.74) is 27.3. The Balaban J connectivity index is 5.75. The maximum Gasteiger partial charge on any atom is 0.325 e. The molecule has 0 radical (unpaired) electrons. The first-order valence-electron chi connectivity index (χ1n) is 15.7. The van der Waals surface area contributed by atoms with Gasteiger partial charge in [0.1, 0.15) is 24.2 Å². The van der Waals surface area contributed by atoms with Gasteiger partial charge in [-0.3, -0.25) is 43.5 Å². The quantitative estimate of drug-likeness (QED) is 0.0256. The van der Waals surface area contributed by atoms with Gasteiger partial charge in [0.25, 0.3) is 0 Å². The molecule has 21 nitrogen and oxygen atoms in total. The highest BCUT2D eigenvalue weighted by Crippen LogP contribution is 2.08. The molecule has 0 rings (SSSR count). The molecule has 0 aromatic heterocycles. The van der Waals surface area contributed by atoms with Crippen LogP contribution in [0.3, 0.4) is 0 Å². The number of carbonyl (C=O) groups excluding carboxylic acids is 5. The number of aliphatic imine (C=N–C) groups is 2. The van der Waals surface area contributed by atoms with Gasteiger partial charge < -0.3 is 65.5 Å². The third-order valence-corrected chi connectivity index (χ3v) is 7.17. The van der Waals surface area contributed by atoms with Crippen LogP contribution >= 0.6 is 0 Å². The van der Waals surface area contributed by atoms with Crippen molar-refractivity contribution in [3.8, 4) is 0 Å². The topological polar surface area (TPSA) is 375 Å². The molecule has 0 heterocycles. The molecule has 0 aliphatic carbocycles. The molecule has 0 unspecified atom stereocenters. The molecule has 0 spiro atoms. The van der Waals surface area contributed by atoms with Crippen LogP contribution in [-0.2, 0) is 33.6 Å². The number of carboxylic acid groups (broad SMARTS) is 2. The highest BCUT2D eigenvalue weighted by molar-refractivity contribution is 5.95. The molecule has 0 saturated heterocycles. The highest BCUT2D eigenvalue weighted by atomic mass is 16.4. The minimum absolute atomic E-state index is 0.0483. The van der Waals surface area contributed by atoms with Gasteiger partial charge in [0.15, 0.2) is 11.9 Å². The van der Waals surface area contributed by atoms with Crippen LogP contribution in [0.25, 0.3) is 0 Å². The summed E-state index contributed by atoms with van der Waals surface area (Å²) in [4.78, 5) is 94.7. The number of nitrogens with zero attached hydrogens (tertiary/aromatic N) is 2. The second kappa shape index (κ2) is 23.2. The monoisotopic (exact) mass is 700 g/mol. The summed E-state index contributed by atoms with van der Waals surface area (Å²) in [6, 6.07) is -6.12. The predicted molar refractivity (Wildman–Crippen MR) is 178 cm³/mol. The van der Waals surface area contributed by atoms with Crippen molar-refractivity contribution in [1.29, 1.82) is 0 Å². The van der Waals surface area contributed by atoms with Gasteiger partial charge >= 0.3 is 11.9 Å². The molecule has 6 atom stereocenters. The van der Waals surface area contributed by atoms with E-state index in [9.17, 15) is 38.7 Å². The number of amides is 5. The molecule has 21 heteroatoms. The van der Waals surface area contributed by atoms with Crippen molar-refractivity contribution in [3.05, 3.63) is 0 Å². The first-order chi connectivity index (χ1) is 22.9. The first-order valence-corrected chi connectivity index (χ1v) is 15.7. The summed E-state index contributed by atoms with van der Waals surface area (Å²) < 4.78 is 0. The highest BCUT2D eigenvalue weighted by Gasteiger charge is 2.30. The zero-order chi connectivity index (χ0) is 37.7. The molecule has 17 N–H and O–H groups in total. The minimum atomic E-state index is -1.48. The van der Waals surface area contributed by atoms with Crippen LogP contribution < -0.4 is 55.3 Å². The zero-order valence-corrected chi connectivity index (χ0v) is 28.1. The van der Waals surface area contributed by atoms with Crippen molar-refractivity contribution in [3.63, 3.8) is 0 Å². The van der Waals surface area contributed by atoms with Gasteiger partial charge in [-0.15, -0.1) is 0 Å². The lowest BCUT2D eigenvalue weighted by Crippen LogP contribution is -2.57. The first kappa shape index (κ1) is 43.8. The average Bonchev–Trinajstić information content (AvgIpc) is 3.02. The van der Waals surface area contributed by atoms with Crippen molar-refractivity contribution in [1.82, 2.24) is 26.6 Å². The van der Waals surface area contributed by atoms with Gasteiger partial charge in [0, 0.05) is 19.5 Å². The van der Waals surface area contributed by atoms with Gasteiger partial charge in [0.05, 0.1) is 12.6 Å². The van der Waals surface area contributed by atoms with Gasteiger partial charge in [-0.1, -0.05) is 20.3 Å². The normalized spacial score (nSPS) is 14.3. The Labute approximate surface area is 284 Å². The molecule has 0 aromatic rings. The Bertz CT molecular complexity index is 1210. The number of hydrogen-bond donors (Lipinski definition) is 12. The molecule has 0 saturated carbocycles. The SMILES string of the molecule is CC[C@H](C)[C@H](N)C(=O)N[C@@H](CCCN=C(N)N)C(=O)NCC(=O)N[C@@H](CCC(=O)O)C(=O)N[C@@H](CCCN=C(N)N)C(=O)N[C@@H](C)C(=O)O. The van der Waals surface area contributed by atoms with Crippen LogP contribution in [0.4, 0.5) is 0 Å². The molecule has 0 bridgehead atoms. The van der Waals surface area contributed by atoms with Gasteiger partial charge in [-0.2, -0.15) is 0 Å². The molecular weight excluding hydrogens is 648 g/mol. The van der Waals surface area contributed by atoms with E-state index in [1.54, 1.807) is 6.92 Å². The fourth-order valence-electron chi connectivity index (χ4n) is 4.05. The van der Waals surface area contributed by atoms with Gasteiger partial charge in [-0.25, -0.2) is 0 Å². The number of carboxylic acids is 2. The van der Waals surface area contributed by atoms with Crippen molar-refractivity contribution in [2.24, 2.45) is 44.6 Å². The van der Waals surface area contributed by atoms with E-state index in [1.807, 2.05) is 6.92 Å². The van der Waals surface area contributed by atoms with Crippen molar-refractivity contribution in [2.45, 2.75) is 95.9 Å². The van der Waals surface area contributed by atoms with E-state index in [4.69, 9.17) is 33.8 Å². The number of rotatable bonds is 24. The second-order valence-corrected chi connectivity index (χ2v) is 11.3. The van der Waals surface area contributed by atoms with Crippen LogP contribution in [-0.4, -0.2) is 113 Å². The van der Waals surface area contributed by atoms with E-state index in [-0.39, 0.29) is 56.6 Å². The standard InChI is InChI=1S/C28H52N12O9/c1-4-14(2)21(29)25(47)40-16(7-5-11-34-27(30)31)22(44)36-13-19(41)38-18(9-10-20(42)43)24(46)39-17(8-6-12-35-28(32)33)23(45)37-15(3)26(48)49/h14-18,21H,4-13,29H2,1-3H3,(H,36,44)(H,37,45)(H,38,41)(H,39,46)(H,40,47)(H,42,43)(H,48,49)(H4,30,31,34)(H4,32,33,35)/t14-,15-,16-,17-,18-,21-/m0/s1. The molecule has 5 amide bonds. The number of carbonyl (C=O) groups is 7. The van der Waals surface area contributed by atoms with E-state index in [0.717, 1.165) is 0 Å². The maximum absolute atomic E-state index is 13.2. The Morgan fingerprint density at radius 3 is 1.61 bits per heavy atom. The third kappa shape index (κ3) is 19.3. The van der Waals surface area contributed by atoms with Crippen molar-refractivity contribution in [2.75, 3.05) is 19.6 Å². The van der Waals surface area contributed by atoms with Crippen LogP contribution in [0.2, 0.25) is 0 Å². The fraction of sp³-hybridized carbons (Fsp3) is 0.679. The molecule has 278 valence electrons. The van der Waals surface area contributed by atoms with Crippen molar-refractivity contribution >= 4 is 53.4 Å². The zero-order valence-electron chi connectivity index (χ0n) is 28.1. The Morgan fingerprint density at radius 2 is 1.14 bits per heavy atom. The lowest BCUT2D eigenvalue weighted by molar-refractivity contribution is -0.141. The number of nitrogens with one attached hydrogen (secondary N) is 5. The summed E-state index contributed by atoms with van der Waals surface area (Å²) in [6.45, 7) is 4.40. The summed E-state index contributed by atoms with van der Waals surface area (Å²) in [6.07, 6.45) is 0.158. The second-order valence-electron chi connectivity index (χ2n) is 11.3. The number of nitrogens with two attached hydrogens (primary N) is 5. The van der Waals surface area contributed by atoms with E-state index < -0.39 is 91.1 Å². The predicted octanol–water partition coefficient (Wildman–Crippen LogP) is -4.51. The summed E-state index contributed by atoms with van der Waals surface area (Å²) in [5.74, 6) is -7.19. The molecule has 0 aromatic carbocycles. The molecule has 49 heavy (non-hydrogen) atoms. The Hall–Kier alpha value is -5.21. The summed E-state index contributed by atoms with van der Waals surface area (Å²) in [7, 11) is 0. The van der Waals surface area contributed by atoms with Crippen LogP contribution in [0, 0.1) is 5.92 Å². The van der Waals surface area contributed by atoms with E-state index in [0.29, 0.717) is 6.42 Å². The summed E-state index contributed by atoms with van der Waals surface area (Å²) in [5, 5.41) is 30.3. The fourth-order valence-corrected chi connectivity index (χ4v) is 4.05. The molecule has 0 aliphatic rings. The van der Waals surface area contributed by atoms with Crippen LogP contribution in [0.15, 0.2) is 9.98 Å². The van der Waals surface area contributed by atoms with Gasteiger partial charge in [0.2, 0.25) is 29.5 Å². The molecule has 0 fully saturated rings. The van der Waals surface area contributed by atoms with Crippen LogP contribution in [0.1, 0.15) is 65.7 Å². The number of aliphatic carboxylic acids is 2. The largest absolute Gasteiger partial charge is 0.481 e. The minimum Gasteiger partial charge on any atom is -0.481 e. The summed E-state index contributed by atoms with van der Waals surface area (Å²) >= 11 is 0. The number of guanidine groups is 2. The average molecular weight is 701 g/mol. The Kier molecular flexibility index (Phi) is 20.7. The van der Waals surface area contributed by atoms with Crippen LogP contribution in [0.5, 0.6) is 0 Å². The lowest BCUT2D eigenvalue weighted by Gasteiger charge is -2.24. The third-order valence-electron chi connectivity index (χ3n) is 7.17. The molecule has 0 aliphatic heterocycles. The lowest BCUT2D eigenvalue weighted by atomic mass is 9.98. The maximum atomic E-state index is 13.2. The van der Waals surface area contributed by atoms with Gasteiger partial charge in [-0.05, 0) is 44.9 Å². The number of hydrogen-bond acceptors (Lipinski definition) is 10. The van der Waals surface area contributed by atoms with Crippen molar-refractivity contribution < 1.29 is 43.8 Å². The van der Waals surface area contributed by atoms with E-state index >= 15 is 0 Å². The smallest absolute Gasteiger partial charge is 0.325 e. The van der Waals surface area contributed by atoms with E-state index in [1.165, 1.54) is 6.92 Å². The Morgan fingerprint density at radius 1 is 0.673 bits per heavy atom. The van der Waals surface area contributed by atoms with E-state index in [2.05, 4.69) is 36.6 Å². The molecular formula is C28H52N12O9.